The Morgan fingerprint density at radius 1 is 1.31 bits per heavy atom. The maximum absolute atomic E-state index is 9.73. The number of nitrogens with one attached hydrogen (secondary N) is 1. The number of rotatable bonds is 3. The van der Waals surface area contributed by atoms with Gasteiger partial charge in [0.25, 0.3) is 0 Å². The minimum Gasteiger partial charge on any atom is -0.507 e. The van der Waals surface area contributed by atoms with Crippen LogP contribution in [-0.4, -0.2) is 18.7 Å². The van der Waals surface area contributed by atoms with Crippen molar-refractivity contribution in [2.75, 3.05) is 13.6 Å². The van der Waals surface area contributed by atoms with Crippen molar-refractivity contribution in [1.82, 2.24) is 5.32 Å². The Morgan fingerprint density at radius 3 is 2.56 bits per heavy atom. The fourth-order valence-electron chi connectivity index (χ4n) is 1.46. The van der Waals surface area contributed by atoms with Crippen LogP contribution in [0.15, 0.2) is 24.3 Å². The number of likely N-dealkylation sites (N-methyl/N-ethyl adjacent to an activating group) is 1. The molecule has 0 saturated carbocycles. The zero-order valence-corrected chi connectivity index (χ0v) is 10.5. The molecule has 0 aliphatic heterocycles. The molecule has 2 N–H and O–H groups in total. The number of benzene rings is 1. The van der Waals surface area contributed by atoms with E-state index < -0.39 is 0 Å². The van der Waals surface area contributed by atoms with Gasteiger partial charge in [0.15, 0.2) is 0 Å². The topological polar surface area (TPSA) is 32.3 Å². The lowest BCUT2D eigenvalue weighted by Crippen LogP contribution is -2.10. The first kappa shape index (κ1) is 12.8. The number of aromatic hydroxyl groups is 1. The molecule has 0 heterocycles. The van der Waals surface area contributed by atoms with E-state index in [1.165, 1.54) is 5.56 Å². The second kappa shape index (κ2) is 5.17. The summed E-state index contributed by atoms with van der Waals surface area (Å²) in [5, 5.41) is 12.8. The molecule has 0 bridgehead atoms. The lowest BCUT2D eigenvalue weighted by molar-refractivity contribution is 0.472. The van der Waals surface area contributed by atoms with E-state index in [0.717, 1.165) is 12.1 Å². The first-order chi connectivity index (χ1) is 7.45. The molecule has 88 valence electrons. The lowest BCUT2D eigenvalue weighted by atomic mass is 9.86. The lowest BCUT2D eigenvalue weighted by Gasteiger charge is -2.19. The molecule has 16 heavy (non-hydrogen) atoms. The Bertz CT molecular complexity index is 375. The quantitative estimate of drug-likeness (QED) is 0.819. The third kappa shape index (κ3) is 3.38. The van der Waals surface area contributed by atoms with E-state index in [1.807, 2.05) is 31.3 Å². The molecule has 0 unspecified atom stereocenters. The zero-order chi connectivity index (χ0) is 12.2. The third-order valence-electron chi connectivity index (χ3n) is 2.51. The van der Waals surface area contributed by atoms with Crippen molar-refractivity contribution in [2.24, 2.45) is 0 Å². The summed E-state index contributed by atoms with van der Waals surface area (Å²) in [7, 11) is 1.90. The van der Waals surface area contributed by atoms with Gasteiger partial charge < -0.3 is 10.4 Å². The van der Waals surface area contributed by atoms with Crippen LogP contribution < -0.4 is 5.32 Å². The van der Waals surface area contributed by atoms with Gasteiger partial charge in [0.1, 0.15) is 5.75 Å². The summed E-state index contributed by atoms with van der Waals surface area (Å²) in [4.78, 5) is 0. The highest BCUT2D eigenvalue weighted by molar-refractivity contribution is 5.58. The molecule has 0 aliphatic carbocycles. The Labute approximate surface area is 98.0 Å². The van der Waals surface area contributed by atoms with Gasteiger partial charge in [0.2, 0.25) is 0 Å². The minimum atomic E-state index is 0.110. The second-order valence-electron chi connectivity index (χ2n) is 4.98. The standard InChI is InChI=1S/C14H21NO/c1-14(2,3)12-7-8-13(16)11(10-12)6-5-9-15-4/h5-8,10,15-16H,9H2,1-4H3. The summed E-state index contributed by atoms with van der Waals surface area (Å²) in [5.74, 6) is 0.334. The van der Waals surface area contributed by atoms with Gasteiger partial charge in [-0.3, -0.25) is 0 Å². The molecule has 1 aromatic rings. The van der Waals surface area contributed by atoms with Gasteiger partial charge in [-0.2, -0.15) is 0 Å². The van der Waals surface area contributed by atoms with E-state index in [9.17, 15) is 5.11 Å². The molecule has 0 atom stereocenters. The molecule has 1 rings (SSSR count). The number of phenolic OH excluding ortho intramolecular Hbond substituents is 1. The molecule has 0 amide bonds. The number of phenols is 1. The monoisotopic (exact) mass is 219 g/mol. The molecule has 0 aliphatic rings. The van der Waals surface area contributed by atoms with Crippen LogP contribution >= 0.6 is 0 Å². The number of hydrogen-bond acceptors (Lipinski definition) is 2. The molecule has 0 saturated heterocycles. The van der Waals surface area contributed by atoms with Crippen LogP contribution in [0.2, 0.25) is 0 Å². The highest BCUT2D eigenvalue weighted by Crippen LogP contribution is 2.27. The molecule has 0 radical (unpaired) electrons. The average Bonchev–Trinajstić information content (AvgIpc) is 2.19. The average molecular weight is 219 g/mol. The molecule has 0 spiro atoms. The Morgan fingerprint density at radius 2 is 2.00 bits per heavy atom. The maximum Gasteiger partial charge on any atom is 0.122 e. The molecular formula is C14H21NO. The molecule has 2 heteroatoms. The Hall–Kier alpha value is -1.28. The van der Waals surface area contributed by atoms with Crippen molar-refractivity contribution < 1.29 is 5.11 Å². The Balaban J connectivity index is 3.00. The van der Waals surface area contributed by atoms with Crippen molar-refractivity contribution in [3.05, 3.63) is 35.4 Å². The van der Waals surface area contributed by atoms with Gasteiger partial charge in [0.05, 0.1) is 0 Å². The van der Waals surface area contributed by atoms with Gasteiger partial charge in [0, 0.05) is 12.1 Å². The zero-order valence-electron chi connectivity index (χ0n) is 10.5. The highest BCUT2D eigenvalue weighted by Gasteiger charge is 2.14. The van der Waals surface area contributed by atoms with Crippen LogP contribution in [0.5, 0.6) is 5.75 Å². The van der Waals surface area contributed by atoms with Crippen LogP contribution in [0, 0.1) is 0 Å². The van der Waals surface area contributed by atoms with Gasteiger partial charge in [-0.1, -0.05) is 39.0 Å². The fraction of sp³-hybridized carbons (Fsp3) is 0.429. The van der Waals surface area contributed by atoms with Crippen LogP contribution in [0.3, 0.4) is 0 Å². The fourth-order valence-corrected chi connectivity index (χ4v) is 1.46. The summed E-state index contributed by atoms with van der Waals surface area (Å²) >= 11 is 0. The molecule has 0 fully saturated rings. The van der Waals surface area contributed by atoms with E-state index in [1.54, 1.807) is 6.07 Å². The largest absolute Gasteiger partial charge is 0.507 e. The first-order valence-corrected chi connectivity index (χ1v) is 5.60. The summed E-state index contributed by atoms with van der Waals surface area (Å²) < 4.78 is 0. The molecule has 0 aromatic heterocycles. The van der Waals surface area contributed by atoms with Crippen molar-refractivity contribution in [2.45, 2.75) is 26.2 Å². The van der Waals surface area contributed by atoms with Crippen molar-refractivity contribution in [3.8, 4) is 5.75 Å². The van der Waals surface area contributed by atoms with E-state index in [2.05, 4.69) is 26.1 Å². The van der Waals surface area contributed by atoms with Crippen molar-refractivity contribution in [1.29, 1.82) is 0 Å². The summed E-state index contributed by atoms with van der Waals surface area (Å²) in [6.45, 7) is 7.31. The molecular weight excluding hydrogens is 198 g/mol. The summed E-state index contributed by atoms with van der Waals surface area (Å²) in [5.41, 5.74) is 2.22. The minimum absolute atomic E-state index is 0.110. The van der Waals surface area contributed by atoms with Gasteiger partial charge in [-0.05, 0) is 30.2 Å². The number of hydrogen-bond donors (Lipinski definition) is 2. The summed E-state index contributed by atoms with van der Waals surface area (Å²) in [6, 6.07) is 5.78. The van der Waals surface area contributed by atoms with E-state index in [-0.39, 0.29) is 5.41 Å². The van der Waals surface area contributed by atoms with Crippen LogP contribution in [0.25, 0.3) is 6.08 Å². The van der Waals surface area contributed by atoms with Crippen LogP contribution in [-0.2, 0) is 5.41 Å². The van der Waals surface area contributed by atoms with E-state index >= 15 is 0 Å². The molecule has 1 aromatic carbocycles. The summed E-state index contributed by atoms with van der Waals surface area (Å²) in [6.07, 6.45) is 3.95. The smallest absolute Gasteiger partial charge is 0.122 e. The van der Waals surface area contributed by atoms with Crippen molar-refractivity contribution in [3.63, 3.8) is 0 Å². The normalized spacial score (nSPS) is 12.2. The second-order valence-corrected chi connectivity index (χ2v) is 4.98. The first-order valence-electron chi connectivity index (χ1n) is 5.60. The SMILES string of the molecule is CNCC=Cc1cc(C(C)(C)C)ccc1O. The predicted molar refractivity (Wildman–Crippen MR) is 69.8 cm³/mol. The van der Waals surface area contributed by atoms with Crippen molar-refractivity contribution >= 4 is 6.08 Å². The Kier molecular flexibility index (Phi) is 4.13. The third-order valence-corrected chi connectivity index (χ3v) is 2.51. The van der Waals surface area contributed by atoms with Gasteiger partial charge >= 0.3 is 0 Å². The highest BCUT2D eigenvalue weighted by atomic mass is 16.3. The van der Waals surface area contributed by atoms with Gasteiger partial charge in [-0.15, -0.1) is 0 Å². The van der Waals surface area contributed by atoms with E-state index in [0.29, 0.717) is 5.75 Å². The van der Waals surface area contributed by atoms with Crippen LogP contribution in [0.4, 0.5) is 0 Å². The van der Waals surface area contributed by atoms with Gasteiger partial charge in [-0.25, -0.2) is 0 Å². The predicted octanol–water partition coefficient (Wildman–Crippen LogP) is 2.92. The van der Waals surface area contributed by atoms with E-state index in [4.69, 9.17) is 0 Å². The molecule has 2 nitrogen and oxygen atoms in total. The maximum atomic E-state index is 9.73. The van der Waals surface area contributed by atoms with Crippen LogP contribution in [0.1, 0.15) is 31.9 Å².